The molecule has 0 spiro atoms. The predicted octanol–water partition coefficient (Wildman–Crippen LogP) is 3.28. The first-order chi connectivity index (χ1) is 6.24. The molecule has 1 rings (SSSR count). The lowest BCUT2D eigenvalue weighted by molar-refractivity contribution is 0.157. The van der Waals surface area contributed by atoms with E-state index in [0.717, 1.165) is 17.3 Å². The van der Waals surface area contributed by atoms with E-state index in [2.05, 4.69) is 34.7 Å². The molecular formula is C11H22BrN. The second-order valence-electron chi connectivity index (χ2n) is 4.52. The fraction of sp³-hybridized carbons (Fsp3) is 1.00. The van der Waals surface area contributed by atoms with E-state index in [1.165, 1.54) is 38.8 Å². The minimum atomic E-state index is 0.812. The standard InChI is InChI=1S/C11H22BrN/c1-10(2)6-8-13-7-4-3-5-11(13)9-12/h10-11H,3-9H2,1-2H3. The van der Waals surface area contributed by atoms with Crippen molar-refractivity contribution in [2.24, 2.45) is 5.92 Å². The van der Waals surface area contributed by atoms with Crippen LogP contribution in [0.3, 0.4) is 0 Å². The maximum absolute atomic E-state index is 3.62. The third kappa shape index (κ3) is 3.99. The summed E-state index contributed by atoms with van der Waals surface area (Å²) < 4.78 is 0. The smallest absolute Gasteiger partial charge is 0.0192 e. The van der Waals surface area contributed by atoms with Crippen LogP contribution in [0.25, 0.3) is 0 Å². The number of piperidine rings is 1. The molecule has 0 aromatic rings. The van der Waals surface area contributed by atoms with E-state index in [1.54, 1.807) is 0 Å². The molecule has 0 aliphatic carbocycles. The first kappa shape index (κ1) is 11.5. The predicted molar refractivity (Wildman–Crippen MR) is 62.5 cm³/mol. The van der Waals surface area contributed by atoms with Gasteiger partial charge in [-0.1, -0.05) is 36.2 Å². The SMILES string of the molecule is CC(C)CCN1CCCCC1CBr. The average molecular weight is 248 g/mol. The van der Waals surface area contributed by atoms with Crippen molar-refractivity contribution < 1.29 is 0 Å². The van der Waals surface area contributed by atoms with Crippen molar-refractivity contribution in [1.82, 2.24) is 4.90 Å². The Bertz CT molecular complexity index is 136. The first-order valence-corrected chi connectivity index (χ1v) is 6.66. The van der Waals surface area contributed by atoms with Gasteiger partial charge in [-0.15, -0.1) is 0 Å². The van der Waals surface area contributed by atoms with Crippen LogP contribution in [-0.2, 0) is 0 Å². The molecule has 13 heavy (non-hydrogen) atoms. The van der Waals surface area contributed by atoms with E-state index >= 15 is 0 Å². The van der Waals surface area contributed by atoms with Crippen LogP contribution in [0.2, 0.25) is 0 Å². The summed E-state index contributed by atoms with van der Waals surface area (Å²) in [4.78, 5) is 2.66. The van der Waals surface area contributed by atoms with E-state index < -0.39 is 0 Å². The highest BCUT2D eigenvalue weighted by atomic mass is 79.9. The summed E-state index contributed by atoms with van der Waals surface area (Å²) in [6.45, 7) is 7.25. The third-order valence-corrected chi connectivity index (χ3v) is 3.67. The number of nitrogens with zero attached hydrogens (tertiary/aromatic N) is 1. The number of rotatable bonds is 4. The molecule has 0 aromatic heterocycles. The van der Waals surface area contributed by atoms with Crippen LogP contribution in [0.4, 0.5) is 0 Å². The topological polar surface area (TPSA) is 3.24 Å². The molecule has 0 aromatic carbocycles. The third-order valence-electron chi connectivity index (χ3n) is 2.92. The number of hydrogen-bond acceptors (Lipinski definition) is 1. The molecule has 0 bridgehead atoms. The van der Waals surface area contributed by atoms with Crippen molar-refractivity contribution in [1.29, 1.82) is 0 Å². The Labute approximate surface area is 91.0 Å². The molecule has 1 aliphatic rings. The van der Waals surface area contributed by atoms with Gasteiger partial charge in [0, 0.05) is 11.4 Å². The van der Waals surface area contributed by atoms with Crippen LogP contribution in [0.5, 0.6) is 0 Å². The van der Waals surface area contributed by atoms with Crippen molar-refractivity contribution in [2.45, 2.75) is 45.6 Å². The molecule has 1 heterocycles. The Morgan fingerprint density at radius 1 is 1.38 bits per heavy atom. The zero-order valence-electron chi connectivity index (χ0n) is 8.93. The number of halogens is 1. The molecule has 1 aliphatic heterocycles. The summed E-state index contributed by atoms with van der Waals surface area (Å²) in [5.41, 5.74) is 0. The fourth-order valence-corrected chi connectivity index (χ4v) is 2.69. The summed E-state index contributed by atoms with van der Waals surface area (Å²) in [5.74, 6) is 0.845. The molecule has 0 radical (unpaired) electrons. The van der Waals surface area contributed by atoms with Crippen molar-refractivity contribution in [2.75, 3.05) is 18.4 Å². The molecule has 1 saturated heterocycles. The lowest BCUT2D eigenvalue weighted by Gasteiger charge is -2.35. The Kier molecular flexibility index (Phi) is 5.34. The first-order valence-electron chi connectivity index (χ1n) is 5.54. The molecular weight excluding hydrogens is 226 g/mol. The van der Waals surface area contributed by atoms with Gasteiger partial charge in [0.2, 0.25) is 0 Å². The summed E-state index contributed by atoms with van der Waals surface area (Å²) >= 11 is 3.62. The molecule has 0 N–H and O–H groups in total. The second kappa shape index (κ2) is 6.02. The maximum atomic E-state index is 3.62. The van der Waals surface area contributed by atoms with E-state index in [1.807, 2.05) is 0 Å². The molecule has 1 atom stereocenters. The number of hydrogen-bond donors (Lipinski definition) is 0. The number of likely N-dealkylation sites (tertiary alicyclic amines) is 1. The highest BCUT2D eigenvalue weighted by molar-refractivity contribution is 9.09. The van der Waals surface area contributed by atoms with Crippen molar-refractivity contribution in [3.63, 3.8) is 0 Å². The second-order valence-corrected chi connectivity index (χ2v) is 5.17. The summed E-state index contributed by atoms with van der Waals surface area (Å²) in [5, 5.41) is 1.16. The van der Waals surface area contributed by atoms with Gasteiger partial charge in [0.05, 0.1) is 0 Å². The number of alkyl halides is 1. The lowest BCUT2D eigenvalue weighted by Crippen LogP contribution is -2.41. The van der Waals surface area contributed by atoms with Gasteiger partial charge in [-0.2, -0.15) is 0 Å². The summed E-state index contributed by atoms with van der Waals surface area (Å²) in [7, 11) is 0. The van der Waals surface area contributed by atoms with E-state index in [0.29, 0.717) is 0 Å². The Morgan fingerprint density at radius 3 is 2.77 bits per heavy atom. The Hall–Kier alpha value is 0.440. The van der Waals surface area contributed by atoms with Gasteiger partial charge in [0.1, 0.15) is 0 Å². The van der Waals surface area contributed by atoms with Crippen molar-refractivity contribution in [3.8, 4) is 0 Å². The molecule has 78 valence electrons. The van der Waals surface area contributed by atoms with Crippen LogP contribution in [0, 0.1) is 5.92 Å². The van der Waals surface area contributed by atoms with Gasteiger partial charge in [-0.05, 0) is 38.3 Å². The van der Waals surface area contributed by atoms with E-state index in [-0.39, 0.29) is 0 Å². The largest absolute Gasteiger partial charge is 0.300 e. The monoisotopic (exact) mass is 247 g/mol. The molecule has 1 nitrogen and oxygen atoms in total. The van der Waals surface area contributed by atoms with Crippen molar-refractivity contribution in [3.05, 3.63) is 0 Å². The lowest BCUT2D eigenvalue weighted by atomic mass is 10.0. The molecule has 0 saturated carbocycles. The van der Waals surface area contributed by atoms with Gasteiger partial charge >= 0.3 is 0 Å². The average Bonchev–Trinajstić information content (AvgIpc) is 2.15. The van der Waals surface area contributed by atoms with Crippen LogP contribution < -0.4 is 0 Å². The van der Waals surface area contributed by atoms with Crippen LogP contribution in [0.1, 0.15) is 39.5 Å². The van der Waals surface area contributed by atoms with Gasteiger partial charge in [0.15, 0.2) is 0 Å². The van der Waals surface area contributed by atoms with Gasteiger partial charge in [0.25, 0.3) is 0 Å². The fourth-order valence-electron chi connectivity index (χ4n) is 1.95. The van der Waals surface area contributed by atoms with Gasteiger partial charge in [-0.3, -0.25) is 4.90 Å². The quantitative estimate of drug-likeness (QED) is 0.690. The van der Waals surface area contributed by atoms with Gasteiger partial charge in [-0.25, -0.2) is 0 Å². The highest BCUT2D eigenvalue weighted by Gasteiger charge is 2.20. The molecule has 0 amide bonds. The Balaban J connectivity index is 2.27. The normalized spacial score (nSPS) is 25.4. The highest BCUT2D eigenvalue weighted by Crippen LogP contribution is 2.19. The van der Waals surface area contributed by atoms with E-state index in [4.69, 9.17) is 0 Å². The maximum Gasteiger partial charge on any atom is 0.0192 e. The summed E-state index contributed by atoms with van der Waals surface area (Å²) in [6, 6.07) is 0.812. The summed E-state index contributed by atoms with van der Waals surface area (Å²) in [6.07, 6.45) is 5.57. The van der Waals surface area contributed by atoms with Crippen LogP contribution in [0.15, 0.2) is 0 Å². The molecule has 2 heteroatoms. The zero-order chi connectivity index (χ0) is 9.68. The Morgan fingerprint density at radius 2 is 2.15 bits per heavy atom. The van der Waals surface area contributed by atoms with Crippen LogP contribution >= 0.6 is 15.9 Å². The molecule has 1 fully saturated rings. The minimum absolute atomic E-state index is 0.812. The van der Waals surface area contributed by atoms with E-state index in [9.17, 15) is 0 Å². The van der Waals surface area contributed by atoms with Crippen LogP contribution in [-0.4, -0.2) is 29.4 Å². The minimum Gasteiger partial charge on any atom is -0.300 e. The molecule has 1 unspecified atom stereocenters. The zero-order valence-corrected chi connectivity index (χ0v) is 10.5. The van der Waals surface area contributed by atoms with Gasteiger partial charge < -0.3 is 0 Å². The van der Waals surface area contributed by atoms with Crippen molar-refractivity contribution >= 4 is 15.9 Å².